The van der Waals surface area contributed by atoms with Gasteiger partial charge in [0.25, 0.3) is 0 Å². The zero-order chi connectivity index (χ0) is 10.6. The van der Waals surface area contributed by atoms with Gasteiger partial charge in [0, 0.05) is 12.6 Å². The van der Waals surface area contributed by atoms with Crippen molar-refractivity contribution in [3.8, 4) is 11.8 Å². The van der Waals surface area contributed by atoms with Crippen LogP contribution >= 0.6 is 23.2 Å². The largest absolute Gasteiger partial charge is 0.386 e. The first kappa shape index (κ1) is 11.3. The van der Waals surface area contributed by atoms with Gasteiger partial charge in [-0.25, -0.2) is 0 Å². The molecule has 14 heavy (non-hydrogen) atoms. The van der Waals surface area contributed by atoms with E-state index in [0.29, 0.717) is 22.2 Å². The van der Waals surface area contributed by atoms with Gasteiger partial charge in [-0.15, -0.1) is 11.8 Å². The minimum Gasteiger partial charge on any atom is -0.386 e. The normalized spacial score (nSPS) is 11.7. The molecule has 1 N–H and O–H groups in total. The molecule has 0 bridgehead atoms. The molecule has 0 fully saturated rings. The Labute approximate surface area is 92.9 Å². The lowest BCUT2D eigenvalue weighted by atomic mass is 10.2. The maximum Gasteiger partial charge on any atom is 0.108 e. The van der Waals surface area contributed by atoms with Gasteiger partial charge >= 0.3 is 0 Å². The Balaban J connectivity index is 2.88. The van der Waals surface area contributed by atoms with Crippen LogP contribution in [0.25, 0.3) is 0 Å². The van der Waals surface area contributed by atoms with E-state index < -0.39 is 6.10 Å². The summed E-state index contributed by atoms with van der Waals surface area (Å²) < 4.78 is 0. The molecule has 2 nitrogen and oxygen atoms in total. The lowest BCUT2D eigenvalue weighted by Crippen LogP contribution is -2.00. The molecule has 1 atom stereocenters. The Kier molecular flexibility index (Phi) is 4.21. The van der Waals surface area contributed by atoms with E-state index in [1.165, 1.54) is 6.20 Å². The van der Waals surface area contributed by atoms with Crippen molar-refractivity contribution in [3.63, 3.8) is 0 Å². The van der Waals surface area contributed by atoms with E-state index >= 15 is 0 Å². The molecule has 1 heterocycles. The first-order chi connectivity index (χ1) is 6.65. The highest BCUT2D eigenvalue weighted by Crippen LogP contribution is 2.25. The number of halogens is 2. The van der Waals surface area contributed by atoms with Crippen LogP contribution < -0.4 is 0 Å². The number of aliphatic hydroxyl groups is 1. The van der Waals surface area contributed by atoms with Gasteiger partial charge in [0.15, 0.2) is 0 Å². The molecule has 0 amide bonds. The maximum atomic E-state index is 9.63. The number of hydrogen-bond acceptors (Lipinski definition) is 2. The van der Waals surface area contributed by atoms with Crippen molar-refractivity contribution in [1.82, 2.24) is 4.98 Å². The number of pyridine rings is 1. The molecule has 74 valence electrons. The van der Waals surface area contributed by atoms with Gasteiger partial charge < -0.3 is 5.11 Å². The number of aromatic nitrogens is 1. The van der Waals surface area contributed by atoms with Gasteiger partial charge in [0.05, 0.1) is 15.7 Å². The fraction of sp³-hybridized carbons (Fsp3) is 0.300. The van der Waals surface area contributed by atoms with Crippen LogP contribution in [0, 0.1) is 11.8 Å². The van der Waals surface area contributed by atoms with Gasteiger partial charge in [-0.05, 0) is 13.0 Å². The Morgan fingerprint density at radius 2 is 2.29 bits per heavy atom. The topological polar surface area (TPSA) is 33.1 Å². The van der Waals surface area contributed by atoms with Crippen LogP contribution in [-0.2, 0) is 0 Å². The summed E-state index contributed by atoms with van der Waals surface area (Å²) in [6.07, 6.45) is 1.02. The molecular weight excluding hydrogens is 221 g/mol. The summed E-state index contributed by atoms with van der Waals surface area (Å²) in [5.41, 5.74) is 0.416. The molecule has 1 unspecified atom stereocenters. The summed E-state index contributed by atoms with van der Waals surface area (Å²) in [5, 5.41) is 10.4. The van der Waals surface area contributed by atoms with E-state index in [2.05, 4.69) is 16.8 Å². The molecule has 0 saturated carbocycles. The van der Waals surface area contributed by atoms with Crippen LogP contribution in [0.4, 0.5) is 0 Å². The fourth-order valence-corrected chi connectivity index (χ4v) is 1.47. The summed E-state index contributed by atoms with van der Waals surface area (Å²) in [5.74, 6) is 5.45. The minimum absolute atomic E-state index is 0.324. The second-order valence-corrected chi connectivity index (χ2v) is 3.51. The molecule has 0 aliphatic carbocycles. The third-order valence-electron chi connectivity index (χ3n) is 1.62. The zero-order valence-corrected chi connectivity index (χ0v) is 9.10. The smallest absolute Gasteiger partial charge is 0.108 e. The van der Waals surface area contributed by atoms with Crippen LogP contribution in [0.3, 0.4) is 0 Å². The van der Waals surface area contributed by atoms with Gasteiger partial charge in [0.2, 0.25) is 0 Å². The number of hydrogen-bond donors (Lipinski definition) is 1. The van der Waals surface area contributed by atoms with Crippen molar-refractivity contribution >= 4 is 23.2 Å². The second kappa shape index (κ2) is 5.21. The molecule has 4 heteroatoms. The van der Waals surface area contributed by atoms with Gasteiger partial charge in [-0.1, -0.05) is 23.2 Å². The highest BCUT2D eigenvalue weighted by Gasteiger charge is 2.12. The first-order valence-corrected chi connectivity index (χ1v) is 4.79. The monoisotopic (exact) mass is 229 g/mol. The predicted octanol–water partition coefficient (Wildman–Crippen LogP) is 2.84. The van der Waals surface area contributed by atoms with E-state index in [9.17, 15) is 5.11 Å². The molecule has 0 spiro atoms. The molecule has 0 aliphatic heterocycles. The average Bonchev–Trinajstić information content (AvgIpc) is 2.14. The van der Waals surface area contributed by atoms with Crippen LogP contribution in [0.5, 0.6) is 0 Å². The molecular formula is C10H9Cl2NO. The molecule has 0 aromatic carbocycles. The van der Waals surface area contributed by atoms with Crippen molar-refractivity contribution in [1.29, 1.82) is 0 Å². The first-order valence-electron chi connectivity index (χ1n) is 4.03. The summed E-state index contributed by atoms with van der Waals surface area (Å²) in [7, 11) is 0. The minimum atomic E-state index is -0.757. The highest BCUT2D eigenvalue weighted by atomic mass is 35.5. The van der Waals surface area contributed by atoms with Crippen LogP contribution in [0.2, 0.25) is 10.0 Å². The van der Waals surface area contributed by atoms with Crippen molar-refractivity contribution in [2.45, 2.75) is 19.4 Å². The summed E-state index contributed by atoms with van der Waals surface area (Å²) in [6.45, 7) is 1.71. The summed E-state index contributed by atoms with van der Waals surface area (Å²) >= 11 is 11.5. The van der Waals surface area contributed by atoms with E-state index in [0.717, 1.165) is 0 Å². The van der Waals surface area contributed by atoms with Gasteiger partial charge in [0.1, 0.15) is 6.10 Å². The van der Waals surface area contributed by atoms with E-state index in [4.69, 9.17) is 23.2 Å². The molecule has 0 radical (unpaired) electrons. The Hall–Kier alpha value is -0.750. The number of aliphatic hydroxyl groups excluding tert-OH is 1. The average molecular weight is 230 g/mol. The van der Waals surface area contributed by atoms with Crippen LogP contribution in [0.15, 0.2) is 12.3 Å². The van der Waals surface area contributed by atoms with Gasteiger partial charge in [-0.2, -0.15) is 0 Å². The Morgan fingerprint density at radius 3 is 2.86 bits per heavy atom. The Bertz CT molecular complexity index is 381. The quantitative estimate of drug-likeness (QED) is 0.792. The summed E-state index contributed by atoms with van der Waals surface area (Å²) in [6, 6.07) is 1.55. The number of nitrogens with zero attached hydrogens (tertiary/aromatic N) is 1. The fourth-order valence-electron chi connectivity index (χ4n) is 0.966. The lowest BCUT2D eigenvalue weighted by Gasteiger charge is -2.08. The third kappa shape index (κ3) is 2.88. The van der Waals surface area contributed by atoms with Crippen LogP contribution in [-0.4, -0.2) is 10.1 Å². The number of rotatable bonds is 2. The standard InChI is InChI=1S/C10H9Cl2NO/c1-2-3-4-9(14)10-8(12)5-7(11)6-13-10/h5-6,9,14H,4H2,1H3. The second-order valence-electron chi connectivity index (χ2n) is 2.67. The molecule has 1 rings (SSSR count). The zero-order valence-electron chi connectivity index (χ0n) is 7.59. The maximum absolute atomic E-state index is 9.63. The SMILES string of the molecule is CC#CCC(O)c1ncc(Cl)cc1Cl. The van der Waals surface area contributed by atoms with Crippen LogP contribution in [0.1, 0.15) is 25.1 Å². The molecule has 1 aromatic heterocycles. The Morgan fingerprint density at radius 1 is 1.57 bits per heavy atom. The van der Waals surface area contributed by atoms with E-state index in [1.807, 2.05) is 0 Å². The summed E-state index contributed by atoms with van der Waals surface area (Å²) in [4.78, 5) is 3.95. The molecule has 0 aliphatic rings. The molecule has 1 aromatic rings. The third-order valence-corrected chi connectivity index (χ3v) is 2.13. The van der Waals surface area contributed by atoms with E-state index in [1.54, 1.807) is 13.0 Å². The van der Waals surface area contributed by atoms with Crippen molar-refractivity contribution in [3.05, 3.63) is 28.0 Å². The van der Waals surface area contributed by atoms with Crippen molar-refractivity contribution in [2.24, 2.45) is 0 Å². The van der Waals surface area contributed by atoms with Crippen molar-refractivity contribution in [2.75, 3.05) is 0 Å². The van der Waals surface area contributed by atoms with E-state index in [-0.39, 0.29) is 0 Å². The molecule has 0 saturated heterocycles. The lowest BCUT2D eigenvalue weighted by molar-refractivity contribution is 0.179. The highest BCUT2D eigenvalue weighted by molar-refractivity contribution is 6.34. The van der Waals surface area contributed by atoms with Gasteiger partial charge in [-0.3, -0.25) is 4.98 Å². The predicted molar refractivity (Wildman–Crippen MR) is 57.3 cm³/mol. The van der Waals surface area contributed by atoms with Crippen molar-refractivity contribution < 1.29 is 5.11 Å².